The van der Waals surface area contributed by atoms with Crippen LogP contribution in [0.15, 0.2) is 16.9 Å². The monoisotopic (exact) mass is 313 g/mol. The van der Waals surface area contributed by atoms with Crippen LogP contribution in [0.2, 0.25) is 0 Å². The number of ether oxygens (including phenoxy) is 1. The molecule has 0 amide bonds. The summed E-state index contributed by atoms with van der Waals surface area (Å²) in [4.78, 5) is 12.3. The van der Waals surface area contributed by atoms with Gasteiger partial charge in [0, 0.05) is 7.11 Å². The van der Waals surface area contributed by atoms with Crippen LogP contribution in [-0.4, -0.2) is 39.5 Å². The summed E-state index contributed by atoms with van der Waals surface area (Å²) in [5, 5.41) is 10.4. The molecule has 3 N–H and O–H groups in total. The fourth-order valence-corrected chi connectivity index (χ4v) is 2.02. The smallest absolute Gasteiger partial charge is 0.217 e. The Kier molecular flexibility index (Phi) is 3.78. The second kappa shape index (κ2) is 5.32. The molecule has 0 aliphatic rings. The molecule has 18 heavy (non-hydrogen) atoms. The van der Waals surface area contributed by atoms with Gasteiger partial charge in [0.25, 0.3) is 0 Å². The van der Waals surface area contributed by atoms with Crippen LogP contribution in [-0.2, 0) is 11.3 Å². The summed E-state index contributed by atoms with van der Waals surface area (Å²) in [5.74, 6) is 0.00752. The Morgan fingerprint density at radius 2 is 2.39 bits per heavy atom. The van der Waals surface area contributed by atoms with Crippen molar-refractivity contribution in [2.75, 3.05) is 19.5 Å². The van der Waals surface area contributed by atoms with Gasteiger partial charge in [-0.3, -0.25) is 14.6 Å². The molecule has 96 valence electrons. The number of nitrogens with zero attached hydrogens (tertiary/aromatic N) is 3. The summed E-state index contributed by atoms with van der Waals surface area (Å²) in [6.07, 6.45) is 2.97. The maximum Gasteiger partial charge on any atom is 0.217 e. The number of rotatable bonds is 5. The van der Waals surface area contributed by atoms with Crippen LogP contribution >= 0.6 is 15.9 Å². The zero-order valence-electron chi connectivity index (χ0n) is 9.68. The SMILES string of the molecule is COCCn1ncc(Br)c1C(=O)c1cn[nH]c1N. The Bertz CT molecular complexity index is 562. The zero-order chi connectivity index (χ0) is 13.1. The molecular formula is C10H12BrN5O2. The largest absolute Gasteiger partial charge is 0.383 e. The molecular weight excluding hydrogens is 302 g/mol. The molecule has 0 saturated carbocycles. The van der Waals surface area contributed by atoms with Gasteiger partial charge in [0.2, 0.25) is 5.78 Å². The normalized spacial score (nSPS) is 10.8. The third kappa shape index (κ3) is 2.29. The van der Waals surface area contributed by atoms with E-state index in [1.54, 1.807) is 18.0 Å². The van der Waals surface area contributed by atoms with Crippen molar-refractivity contribution in [2.45, 2.75) is 6.54 Å². The number of carbonyl (C=O) groups excluding carboxylic acids is 1. The Balaban J connectivity index is 2.35. The number of nitrogen functional groups attached to an aromatic ring is 1. The Hall–Kier alpha value is -1.67. The predicted octanol–water partition coefficient (Wildman–Crippen LogP) is 0.828. The van der Waals surface area contributed by atoms with Gasteiger partial charge in [0.1, 0.15) is 11.5 Å². The molecule has 0 saturated heterocycles. The highest BCUT2D eigenvalue weighted by Crippen LogP contribution is 2.21. The van der Waals surface area contributed by atoms with Gasteiger partial charge in [0.05, 0.1) is 35.6 Å². The average Bonchev–Trinajstić information content (AvgIpc) is 2.92. The number of hydrogen-bond acceptors (Lipinski definition) is 5. The summed E-state index contributed by atoms with van der Waals surface area (Å²) < 4.78 is 7.16. The molecule has 2 rings (SSSR count). The number of carbonyl (C=O) groups is 1. The molecule has 0 aliphatic heterocycles. The Labute approximate surface area is 111 Å². The van der Waals surface area contributed by atoms with E-state index in [1.807, 2.05) is 0 Å². The number of anilines is 1. The molecule has 0 spiro atoms. The first-order valence-electron chi connectivity index (χ1n) is 5.19. The van der Waals surface area contributed by atoms with E-state index >= 15 is 0 Å². The number of aromatic amines is 1. The summed E-state index contributed by atoms with van der Waals surface area (Å²) in [6, 6.07) is 0. The number of aromatic nitrogens is 4. The molecule has 0 bridgehead atoms. The lowest BCUT2D eigenvalue weighted by atomic mass is 10.1. The first-order chi connectivity index (χ1) is 8.65. The van der Waals surface area contributed by atoms with Crippen molar-refractivity contribution in [3.63, 3.8) is 0 Å². The molecule has 2 aromatic heterocycles. The van der Waals surface area contributed by atoms with E-state index < -0.39 is 0 Å². The van der Waals surface area contributed by atoms with Gasteiger partial charge in [-0.25, -0.2) is 0 Å². The molecule has 7 nitrogen and oxygen atoms in total. The second-order valence-electron chi connectivity index (χ2n) is 3.58. The third-order valence-electron chi connectivity index (χ3n) is 2.43. The number of H-pyrrole nitrogens is 1. The number of methoxy groups -OCH3 is 1. The van der Waals surface area contributed by atoms with Gasteiger partial charge in [0.15, 0.2) is 0 Å². The van der Waals surface area contributed by atoms with Crippen LogP contribution in [0.25, 0.3) is 0 Å². The van der Waals surface area contributed by atoms with Crippen LogP contribution in [0.5, 0.6) is 0 Å². The highest BCUT2D eigenvalue weighted by molar-refractivity contribution is 9.10. The number of halogens is 1. The van der Waals surface area contributed by atoms with Gasteiger partial charge in [-0.15, -0.1) is 0 Å². The predicted molar refractivity (Wildman–Crippen MR) is 68.2 cm³/mol. The van der Waals surface area contributed by atoms with E-state index in [0.29, 0.717) is 28.9 Å². The summed E-state index contributed by atoms with van der Waals surface area (Å²) in [5.41, 5.74) is 6.40. The molecule has 0 fully saturated rings. The van der Waals surface area contributed by atoms with Crippen LogP contribution in [0, 0.1) is 0 Å². The minimum atomic E-state index is -0.235. The van der Waals surface area contributed by atoms with Gasteiger partial charge in [-0.05, 0) is 15.9 Å². The quantitative estimate of drug-likeness (QED) is 0.796. The molecule has 2 heterocycles. The highest BCUT2D eigenvalue weighted by Gasteiger charge is 2.21. The van der Waals surface area contributed by atoms with Gasteiger partial charge in [-0.1, -0.05) is 0 Å². The van der Waals surface area contributed by atoms with E-state index in [9.17, 15) is 4.79 Å². The van der Waals surface area contributed by atoms with Crippen molar-refractivity contribution < 1.29 is 9.53 Å². The fourth-order valence-electron chi connectivity index (χ4n) is 1.54. The minimum absolute atomic E-state index is 0.235. The van der Waals surface area contributed by atoms with E-state index in [0.717, 1.165) is 0 Å². The van der Waals surface area contributed by atoms with Crippen molar-refractivity contribution in [1.29, 1.82) is 0 Å². The highest BCUT2D eigenvalue weighted by atomic mass is 79.9. The third-order valence-corrected chi connectivity index (χ3v) is 3.01. The lowest BCUT2D eigenvalue weighted by molar-refractivity contribution is 0.102. The van der Waals surface area contributed by atoms with Crippen molar-refractivity contribution >= 4 is 27.5 Å². The lowest BCUT2D eigenvalue weighted by Gasteiger charge is -2.06. The molecule has 0 aromatic carbocycles. The number of ketones is 1. The van der Waals surface area contributed by atoms with Crippen LogP contribution in [0.4, 0.5) is 5.82 Å². The average molecular weight is 314 g/mol. The molecule has 0 radical (unpaired) electrons. The van der Waals surface area contributed by atoms with E-state index in [1.165, 1.54) is 6.20 Å². The zero-order valence-corrected chi connectivity index (χ0v) is 11.3. The first-order valence-corrected chi connectivity index (χ1v) is 5.98. The fraction of sp³-hybridized carbons (Fsp3) is 0.300. The lowest BCUT2D eigenvalue weighted by Crippen LogP contribution is -2.15. The summed E-state index contributed by atoms with van der Waals surface area (Å²) >= 11 is 3.30. The molecule has 0 atom stereocenters. The number of hydrogen-bond donors (Lipinski definition) is 2. The second-order valence-corrected chi connectivity index (χ2v) is 4.44. The number of nitrogens with one attached hydrogen (secondary N) is 1. The van der Waals surface area contributed by atoms with Crippen LogP contribution in [0.3, 0.4) is 0 Å². The Morgan fingerprint density at radius 1 is 1.61 bits per heavy atom. The maximum absolute atomic E-state index is 12.3. The van der Waals surface area contributed by atoms with Crippen molar-refractivity contribution in [2.24, 2.45) is 0 Å². The number of nitrogens with two attached hydrogens (primary N) is 1. The van der Waals surface area contributed by atoms with E-state index in [4.69, 9.17) is 10.5 Å². The standard InChI is InChI=1S/C10H12BrN5O2/c1-18-3-2-16-8(7(11)5-14-16)9(17)6-4-13-15-10(6)12/h4-5H,2-3H2,1H3,(H3,12,13,15). The Morgan fingerprint density at radius 3 is 3.00 bits per heavy atom. The molecule has 2 aromatic rings. The van der Waals surface area contributed by atoms with E-state index in [2.05, 4.69) is 31.2 Å². The summed E-state index contributed by atoms with van der Waals surface area (Å²) in [6.45, 7) is 0.955. The molecule has 0 unspecified atom stereocenters. The first kappa shape index (κ1) is 12.8. The molecule has 8 heteroatoms. The summed E-state index contributed by atoms with van der Waals surface area (Å²) in [7, 11) is 1.59. The van der Waals surface area contributed by atoms with E-state index in [-0.39, 0.29) is 11.6 Å². The topological polar surface area (TPSA) is 98.8 Å². The van der Waals surface area contributed by atoms with Crippen molar-refractivity contribution in [1.82, 2.24) is 20.0 Å². The van der Waals surface area contributed by atoms with Crippen LogP contribution < -0.4 is 5.73 Å². The van der Waals surface area contributed by atoms with Crippen LogP contribution in [0.1, 0.15) is 16.1 Å². The maximum atomic E-state index is 12.3. The van der Waals surface area contributed by atoms with Crippen molar-refractivity contribution in [3.05, 3.63) is 28.1 Å². The molecule has 0 aliphatic carbocycles. The van der Waals surface area contributed by atoms with Gasteiger partial charge >= 0.3 is 0 Å². The van der Waals surface area contributed by atoms with Gasteiger partial charge < -0.3 is 10.5 Å². The van der Waals surface area contributed by atoms with Gasteiger partial charge in [-0.2, -0.15) is 10.2 Å². The minimum Gasteiger partial charge on any atom is -0.383 e. The van der Waals surface area contributed by atoms with Crippen molar-refractivity contribution in [3.8, 4) is 0 Å².